The number of aryl methyl sites for hydroxylation is 1. The molecular formula is C21H25N5O. The molecule has 1 atom stereocenters. The molecule has 2 aromatic heterocycles. The first-order valence-electron chi connectivity index (χ1n) is 9.54. The van der Waals surface area contributed by atoms with Crippen molar-refractivity contribution in [3.05, 3.63) is 71.4 Å². The van der Waals surface area contributed by atoms with Crippen LogP contribution in [0.15, 0.2) is 53.3 Å². The molecule has 1 N–H and O–H groups in total. The van der Waals surface area contributed by atoms with Gasteiger partial charge in [-0.05, 0) is 31.9 Å². The van der Waals surface area contributed by atoms with Gasteiger partial charge in [0.05, 0.1) is 6.04 Å². The molecule has 4 rings (SSSR count). The van der Waals surface area contributed by atoms with Crippen LogP contribution in [0.4, 0.5) is 5.95 Å². The van der Waals surface area contributed by atoms with Crippen LogP contribution in [0.3, 0.4) is 0 Å². The minimum atomic E-state index is 0.312. The summed E-state index contributed by atoms with van der Waals surface area (Å²) in [4.78, 5) is 11.4. The van der Waals surface area contributed by atoms with Gasteiger partial charge in [0.15, 0.2) is 0 Å². The van der Waals surface area contributed by atoms with Gasteiger partial charge in [0, 0.05) is 37.1 Å². The number of nitrogens with zero attached hydrogens (tertiary/aromatic N) is 4. The van der Waals surface area contributed by atoms with Crippen molar-refractivity contribution in [3.8, 4) is 0 Å². The molecule has 27 heavy (non-hydrogen) atoms. The maximum atomic E-state index is 5.29. The van der Waals surface area contributed by atoms with Crippen LogP contribution in [0.1, 0.15) is 47.9 Å². The van der Waals surface area contributed by atoms with Crippen molar-refractivity contribution in [1.29, 1.82) is 0 Å². The van der Waals surface area contributed by atoms with Crippen molar-refractivity contribution < 1.29 is 4.52 Å². The molecule has 1 aliphatic heterocycles. The Kier molecular flexibility index (Phi) is 5.44. The number of rotatable bonds is 6. The predicted molar refractivity (Wildman–Crippen MR) is 104 cm³/mol. The summed E-state index contributed by atoms with van der Waals surface area (Å²) >= 11 is 0. The second-order valence-corrected chi connectivity index (χ2v) is 7.10. The van der Waals surface area contributed by atoms with Gasteiger partial charge < -0.3 is 9.84 Å². The number of likely N-dealkylation sites (tertiary alicyclic amines) is 1. The summed E-state index contributed by atoms with van der Waals surface area (Å²) in [7, 11) is 0. The fourth-order valence-corrected chi connectivity index (χ4v) is 3.60. The van der Waals surface area contributed by atoms with Crippen molar-refractivity contribution in [2.75, 3.05) is 11.9 Å². The standard InChI is InChI=1S/C21H25N5O/c1-16-11-19(25-27-16)20-9-5-6-10-26(20)15-18-13-23-21(24-14-18)22-12-17-7-3-2-4-8-17/h2-4,7-8,11,13-14,20H,5-6,9-10,12,15H2,1H3,(H,22,23,24)/t20-/m0/s1. The molecule has 0 saturated carbocycles. The number of hydrogen-bond acceptors (Lipinski definition) is 6. The number of benzene rings is 1. The summed E-state index contributed by atoms with van der Waals surface area (Å²) in [6, 6.07) is 12.6. The lowest BCUT2D eigenvalue weighted by Gasteiger charge is -2.34. The normalized spacial score (nSPS) is 17.7. The Labute approximate surface area is 159 Å². The molecule has 1 saturated heterocycles. The zero-order valence-corrected chi connectivity index (χ0v) is 15.6. The number of piperidine rings is 1. The highest BCUT2D eigenvalue weighted by molar-refractivity contribution is 5.28. The van der Waals surface area contributed by atoms with Crippen molar-refractivity contribution in [1.82, 2.24) is 20.0 Å². The van der Waals surface area contributed by atoms with E-state index in [4.69, 9.17) is 4.52 Å². The quantitative estimate of drug-likeness (QED) is 0.711. The highest BCUT2D eigenvalue weighted by Crippen LogP contribution is 2.31. The zero-order chi connectivity index (χ0) is 18.5. The van der Waals surface area contributed by atoms with Crippen LogP contribution in [0.5, 0.6) is 0 Å². The maximum Gasteiger partial charge on any atom is 0.222 e. The average molecular weight is 363 g/mol. The molecule has 0 aliphatic carbocycles. The largest absolute Gasteiger partial charge is 0.361 e. The first-order valence-corrected chi connectivity index (χ1v) is 9.54. The van der Waals surface area contributed by atoms with Crippen LogP contribution in [0.25, 0.3) is 0 Å². The number of aromatic nitrogens is 3. The predicted octanol–water partition coefficient (Wildman–Crippen LogP) is 4.11. The minimum Gasteiger partial charge on any atom is -0.361 e. The second kappa shape index (κ2) is 8.31. The van der Waals surface area contributed by atoms with Gasteiger partial charge in [-0.25, -0.2) is 9.97 Å². The number of anilines is 1. The van der Waals surface area contributed by atoms with Crippen molar-refractivity contribution >= 4 is 5.95 Å². The number of hydrogen-bond donors (Lipinski definition) is 1. The van der Waals surface area contributed by atoms with Gasteiger partial charge in [0.1, 0.15) is 11.5 Å². The maximum absolute atomic E-state index is 5.29. The Morgan fingerprint density at radius 1 is 1.11 bits per heavy atom. The summed E-state index contributed by atoms with van der Waals surface area (Å²) < 4.78 is 5.29. The van der Waals surface area contributed by atoms with Crippen molar-refractivity contribution in [2.45, 2.75) is 45.3 Å². The molecule has 1 aromatic carbocycles. The number of nitrogens with one attached hydrogen (secondary N) is 1. The van der Waals surface area contributed by atoms with Crippen LogP contribution in [0.2, 0.25) is 0 Å². The van der Waals surface area contributed by atoms with Gasteiger partial charge >= 0.3 is 0 Å². The van der Waals surface area contributed by atoms with Crippen LogP contribution < -0.4 is 5.32 Å². The minimum absolute atomic E-state index is 0.312. The first kappa shape index (κ1) is 17.7. The van der Waals surface area contributed by atoms with Gasteiger partial charge in [0.2, 0.25) is 5.95 Å². The van der Waals surface area contributed by atoms with E-state index in [1.54, 1.807) is 0 Å². The summed E-state index contributed by atoms with van der Waals surface area (Å²) in [5.41, 5.74) is 3.37. The average Bonchev–Trinajstić information content (AvgIpc) is 3.15. The Hall–Kier alpha value is -2.73. The molecule has 0 unspecified atom stereocenters. The fourth-order valence-electron chi connectivity index (χ4n) is 3.60. The molecule has 6 nitrogen and oxygen atoms in total. The summed E-state index contributed by atoms with van der Waals surface area (Å²) in [5, 5.41) is 7.51. The third-order valence-electron chi connectivity index (χ3n) is 4.99. The molecule has 0 amide bonds. The summed E-state index contributed by atoms with van der Waals surface area (Å²) in [6.45, 7) is 4.55. The van der Waals surface area contributed by atoms with Crippen molar-refractivity contribution in [2.24, 2.45) is 0 Å². The van der Waals surface area contributed by atoms with E-state index in [1.165, 1.54) is 18.4 Å². The highest BCUT2D eigenvalue weighted by Gasteiger charge is 2.26. The SMILES string of the molecule is Cc1cc([C@@H]2CCCCN2Cc2cnc(NCc3ccccc3)nc2)no1. The van der Waals surface area contributed by atoms with Gasteiger partial charge in [-0.1, -0.05) is 41.9 Å². The monoisotopic (exact) mass is 363 g/mol. The Morgan fingerprint density at radius 2 is 1.93 bits per heavy atom. The smallest absolute Gasteiger partial charge is 0.222 e. The van der Waals surface area contributed by atoms with E-state index in [0.29, 0.717) is 12.0 Å². The van der Waals surface area contributed by atoms with Gasteiger partial charge in [-0.2, -0.15) is 0 Å². The zero-order valence-electron chi connectivity index (χ0n) is 15.6. The van der Waals surface area contributed by atoms with Crippen LogP contribution in [-0.2, 0) is 13.1 Å². The van der Waals surface area contributed by atoms with E-state index >= 15 is 0 Å². The lowest BCUT2D eigenvalue weighted by Crippen LogP contribution is -2.33. The molecule has 6 heteroatoms. The van der Waals surface area contributed by atoms with E-state index in [0.717, 1.165) is 43.1 Å². The van der Waals surface area contributed by atoms with Gasteiger partial charge in [-0.3, -0.25) is 4.90 Å². The molecule has 140 valence electrons. The Balaban J connectivity index is 1.38. The first-order chi connectivity index (χ1) is 13.3. The molecule has 0 spiro atoms. The molecule has 0 radical (unpaired) electrons. The molecule has 3 heterocycles. The molecule has 3 aromatic rings. The van der Waals surface area contributed by atoms with Crippen LogP contribution in [-0.4, -0.2) is 26.6 Å². The van der Waals surface area contributed by atoms with Crippen LogP contribution in [0, 0.1) is 6.92 Å². The third kappa shape index (κ3) is 4.52. The van der Waals surface area contributed by atoms with E-state index in [9.17, 15) is 0 Å². The molecule has 0 bridgehead atoms. The molecule has 1 aliphatic rings. The van der Waals surface area contributed by atoms with Crippen molar-refractivity contribution in [3.63, 3.8) is 0 Å². The topological polar surface area (TPSA) is 67.1 Å². The van der Waals surface area contributed by atoms with Crippen LogP contribution >= 0.6 is 0 Å². The van der Waals surface area contributed by atoms with E-state index in [1.807, 2.05) is 37.5 Å². The lowest BCUT2D eigenvalue weighted by atomic mass is 9.98. The summed E-state index contributed by atoms with van der Waals surface area (Å²) in [5.74, 6) is 1.53. The lowest BCUT2D eigenvalue weighted by molar-refractivity contribution is 0.133. The molecule has 1 fully saturated rings. The van der Waals surface area contributed by atoms with E-state index in [2.05, 4.69) is 43.5 Å². The van der Waals surface area contributed by atoms with Gasteiger partial charge in [-0.15, -0.1) is 0 Å². The Morgan fingerprint density at radius 3 is 2.67 bits per heavy atom. The third-order valence-corrected chi connectivity index (χ3v) is 4.99. The van der Waals surface area contributed by atoms with E-state index in [-0.39, 0.29) is 0 Å². The summed E-state index contributed by atoms with van der Waals surface area (Å²) in [6.07, 6.45) is 7.39. The molecular weight excluding hydrogens is 338 g/mol. The Bertz CT molecular complexity index is 847. The second-order valence-electron chi connectivity index (χ2n) is 7.10. The van der Waals surface area contributed by atoms with Gasteiger partial charge in [0.25, 0.3) is 0 Å². The van der Waals surface area contributed by atoms with E-state index < -0.39 is 0 Å². The highest BCUT2D eigenvalue weighted by atomic mass is 16.5. The fraction of sp³-hybridized carbons (Fsp3) is 0.381.